The third kappa shape index (κ3) is 4.36. The van der Waals surface area contributed by atoms with E-state index in [9.17, 15) is 4.79 Å². The summed E-state index contributed by atoms with van der Waals surface area (Å²) in [7, 11) is 1.63. The highest BCUT2D eigenvalue weighted by Crippen LogP contribution is 2.20. The van der Waals surface area contributed by atoms with E-state index in [-0.39, 0.29) is 5.91 Å². The predicted octanol–water partition coefficient (Wildman–Crippen LogP) is 3.38. The molecule has 0 atom stereocenters. The smallest absolute Gasteiger partial charge is 0.225 e. The van der Waals surface area contributed by atoms with Gasteiger partial charge in [0.2, 0.25) is 5.91 Å². The third-order valence-corrected chi connectivity index (χ3v) is 4.30. The number of carbonyl (C=O) groups excluding carboxylic acids is 1. The highest BCUT2D eigenvalue weighted by Gasteiger charge is 2.05. The van der Waals surface area contributed by atoms with Gasteiger partial charge < -0.3 is 10.1 Å². The zero-order chi connectivity index (χ0) is 13.7. The predicted molar refractivity (Wildman–Crippen MR) is 80.6 cm³/mol. The fourth-order valence-corrected chi connectivity index (χ4v) is 3.06. The second-order valence-electron chi connectivity index (χ2n) is 4.03. The van der Waals surface area contributed by atoms with Gasteiger partial charge in [0.15, 0.2) is 0 Å². The summed E-state index contributed by atoms with van der Waals surface area (Å²) in [6.45, 7) is 0.537. The molecule has 0 aliphatic carbocycles. The number of nitrogens with one attached hydrogen (secondary N) is 1. The van der Waals surface area contributed by atoms with E-state index >= 15 is 0 Å². The number of rotatable bonds is 5. The van der Waals surface area contributed by atoms with Gasteiger partial charge in [0.1, 0.15) is 5.75 Å². The molecular formula is C14H14BrNO2S. The second-order valence-corrected chi connectivity index (χ2v) is 5.94. The van der Waals surface area contributed by atoms with E-state index in [1.165, 1.54) is 0 Å². The van der Waals surface area contributed by atoms with Crippen molar-refractivity contribution in [2.75, 3.05) is 7.11 Å². The first-order valence-corrected chi connectivity index (χ1v) is 7.47. The van der Waals surface area contributed by atoms with Crippen LogP contribution in [0.5, 0.6) is 5.75 Å². The van der Waals surface area contributed by atoms with Crippen molar-refractivity contribution in [3.8, 4) is 5.75 Å². The minimum atomic E-state index is 0.0326. The van der Waals surface area contributed by atoms with E-state index in [0.717, 1.165) is 20.7 Å². The second kappa shape index (κ2) is 6.73. The van der Waals surface area contributed by atoms with Crippen LogP contribution in [0.1, 0.15) is 10.4 Å². The minimum absolute atomic E-state index is 0.0326. The van der Waals surface area contributed by atoms with E-state index in [4.69, 9.17) is 4.74 Å². The summed E-state index contributed by atoms with van der Waals surface area (Å²) in [4.78, 5) is 12.8. The standard InChI is InChI=1S/C14H14BrNO2S/c1-18-12-4-2-10(3-5-12)8-16-14(17)7-13-6-11(15)9-19-13/h2-6,9H,7-8H2,1H3,(H,16,17). The summed E-state index contributed by atoms with van der Waals surface area (Å²) in [5.41, 5.74) is 1.06. The van der Waals surface area contributed by atoms with Crippen LogP contribution in [-0.4, -0.2) is 13.0 Å². The van der Waals surface area contributed by atoms with Crippen molar-refractivity contribution in [1.82, 2.24) is 5.32 Å². The summed E-state index contributed by atoms with van der Waals surface area (Å²) in [6.07, 6.45) is 0.423. The number of thiophene rings is 1. The Kier molecular flexibility index (Phi) is 4.99. The van der Waals surface area contributed by atoms with Crippen molar-refractivity contribution in [2.45, 2.75) is 13.0 Å². The monoisotopic (exact) mass is 339 g/mol. The molecule has 3 nitrogen and oxygen atoms in total. The lowest BCUT2D eigenvalue weighted by molar-refractivity contribution is -0.120. The molecule has 0 bridgehead atoms. The van der Waals surface area contributed by atoms with Gasteiger partial charge in [-0.05, 0) is 39.7 Å². The Morgan fingerprint density at radius 3 is 2.68 bits per heavy atom. The van der Waals surface area contributed by atoms with Gasteiger partial charge in [-0.2, -0.15) is 0 Å². The Morgan fingerprint density at radius 1 is 1.37 bits per heavy atom. The fourth-order valence-electron chi connectivity index (χ4n) is 1.61. The Labute approximate surface area is 124 Å². The van der Waals surface area contributed by atoms with Crippen molar-refractivity contribution in [3.63, 3.8) is 0 Å². The minimum Gasteiger partial charge on any atom is -0.497 e. The van der Waals surface area contributed by atoms with Gasteiger partial charge in [0, 0.05) is 21.3 Å². The Hall–Kier alpha value is -1.33. The topological polar surface area (TPSA) is 38.3 Å². The number of hydrogen-bond donors (Lipinski definition) is 1. The molecule has 0 unspecified atom stereocenters. The molecule has 1 aromatic carbocycles. The zero-order valence-electron chi connectivity index (χ0n) is 10.5. The summed E-state index contributed by atoms with van der Waals surface area (Å²) in [5, 5.41) is 4.88. The van der Waals surface area contributed by atoms with E-state index in [0.29, 0.717) is 13.0 Å². The van der Waals surface area contributed by atoms with Gasteiger partial charge in [0.05, 0.1) is 13.5 Å². The molecule has 2 rings (SSSR count). The summed E-state index contributed by atoms with van der Waals surface area (Å²) < 4.78 is 6.11. The molecular weight excluding hydrogens is 326 g/mol. The molecule has 1 heterocycles. The summed E-state index contributed by atoms with van der Waals surface area (Å²) in [6, 6.07) is 9.63. The summed E-state index contributed by atoms with van der Waals surface area (Å²) in [5.74, 6) is 0.851. The quantitative estimate of drug-likeness (QED) is 0.906. The number of carbonyl (C=O) groups is 1. The van der Waals surface area contributed by atoms with Crippen molar-refractivity contribution in [2.24, 2.45) is 0 Å². The van der Waals surface area contributed by atoms with Crippen LogP contribution in [0.3, 0.4) is 0 Å². The molecule has 0 saturated carbocycles. The van der Waals surface area contributed by atoms with Gasteiger partial charge in [-0.3, -0.25) is 4.79 Å². The molecule has 0 fully saturated rings. The third-order valence-electron chi connectivity index (χ3n) is 2.61. The SMILES string of the molecule is COc1ccc(CNC(=O)Cc2cc(Br)cs2)cc1. The van der Waals surface area contributed by atoms with Gasteiger partial charge in [-0.25, -0.2) is 0 Å². The lowest BCUT2D eigenvalue weighted by atomic mass is 10.2. The highest BCUT2D eigenvalue weighted by molar-refractivity contribution is 9.10. The van der Waals surface area contributed by atoms with Crippen LogP contribution in [0.2, 0.25) is 0 Å². The molecule has 0 aliphatic rings. The van der Waals surface area contributed by atoms with Crippen molar-refractivity contribution >= 4 is 33.2 Å². The van der Waals surface area contributed by atoms with Gasteiger partial charge >= 0.3 is 0 Å². The first kappa shape index (κ1) is 14.1. The van der Waals surface area contributed by atoms with Crippen molar-refractivity contribution in [1.29, 1.82) is 0 Å². The van der Waals surface area contributed by atoms with Crippen LogP contribution < -0.4 is 10.1 Å². The van der Waals surface area contributed by atoms with Crippen LogP contribution in [0.25, 0.3) is 0 Å². The van der Waals surface area contributed by atoms with Crippen LogP contribution in [0.15, 0.2) is 40.2 Å². The first-order chi connectivity index (χ1) is 9.17. The van der Waals surface area contributed by atoms with Crippen molar-refractivity contribution < 1.29 is 9.53 Å². The normalized spacial score (nSPS) is 10.2. The van der Waals surface area contributed by atoms with Gasteiger partial charge in [-0.1, -0.05) is 12.1 Å². The largest absolute Gasteiger partial charge is 0.497 e. The van der Waals surface area contributed by atoms with Crippen molar-refractivity contribution in [3.05, 3.63) is 50.6 Å². The first-order valence-electron chi connectivity index (χ1n) is 5.80. The van der Waals surface area contributed by atoms with Gasteiger partial charge in [0.25, 0.3) is 0 Å². The molecule has 1 amide bonds. The fraction of sp³-hybridized carbons (Fsp3) is 0.214. The van der Waals surface area contributed by atoms with E-state index in [1.807, 2.05) is 35.7 Å². The highest BCUT2D eigenvalue weighted by atomic mass is 79.9. The number of ether oxygens (including phenoxy) is 1. The maximum atomic E-state index is 11.8. The molecule has 0 aliphatic heterocycles. The van der Waals surface area contributed by atoms with Crippen LogP contribution >= 0.6 is 27.3 Å². The average Bonchev–Trinajstić information content (AvgIpc) is 2.82. The number of benzene rings is 1. The Bertz CT molecular complexity index is 551. The zero-order valence-corrected chi connectivity index (χ0v) is 12.9. The molecule has 0 radical (unpaired) electrons. The lowest BCUT2D eigenvalue weighted by Crippen LogP contribution is -2.24. The van der Waals surface area contributed by atoms with Crippen LogP contribution in [0.4, 0.5) is 0 Å². The Morgan fingerprint density at radius 2 is 2.11 bits per heavy atom. The molecule has 2 aromatic rings. The van der Waals surface area contributed by atoms with E-state index in [2.05, 4.69) is 21.2 Å². The molecule has 19 heavy (non-hydrogen) atoms. The average molecular weight is 340 g/mol. The summed E-state index contributed by atoms with van der Waals surface area (Å²) >= 11 is 4.96. The molecule has 1 N–H and O–H groups in total. The number of halogens is 1. The Balaban J connectivity index is 1.82. The molecule has 0 spiro atoms. The maximum absolute atomic E-state index is 11.8. The lowest BCUT2D eigenvalue weighted by Gasteiger charge is -2.05. The number of methoxy groups -OCH3 is 1. The van der Waals surface area contributed by atoms with Crippen LogP contribution in [0, 0.1) is 0 Å². The molecule has 0 saturated heterocycles. The van der Waals surface area contributed by atoms with E-state index < -0.39 is 0 Å². The van der Waals surface area contributed by atoms with Crippen LogP contribution in [-0.2, 0) is 17.8 Å². The molecule has 100 valence electrons. The molecule has 1 aromatic heterocycles. The molecule has 5 heteroatoms. The number of hydrogen-bond acceptors (Lipinski definition) is 3. The maximum Gasteiger partial charge on any atom is 0.225 e. The number of amides is 1. The van der Waals surface area contributed by atoms with E-state index in [1.54, 1.807) is 18.4 Å². The van der Waals surface area contributed by atoms with Gasteiger partial charge in [-0.15, -0.1) is 11.3 Å².